The molecule has 2 unspecified atom stereocenters. The third-order valence-corrected chi connectivity index (χ3v) is 10.3. The van der Waals surface area contributed by atoms with Gasteiger partial charge in [0.05, 0.1) is 49.0 Å². The number of carbonyl (C=O) groups excluding carboxylic acids is 2. The van der Waals surface area contributed by atoms with E-state index >= 15 is 0 Å². The maximum Gasteiger partial charge on any atom is 0.410 e. The summed E-state index contributed by atoms with van der Waals surface area (Å²) < 4.78 is 67.8. The number of amides is 2. The Morgan fingerprint density at radius 1 is 0.818 bits per heavy atom. The summed E-state index contributed by atoms with van der Waals surface area (Å²) in [6.45, 7) is 14.3. The SMILES string of the molecule is C.CC(C)(C)OC(=O)N1CCOCC1CN.CC(C)(C)OC(=O)N1CCOCC1CNS(=O)(=O)C1CC1.O=S(=O)(Cl)C1CC1. The highest BCUT2D eigenvalue weighted by Crippen LogP contribution is 2.30. The molecule has 2 saturated heterocycles. The van der Waals surface area contributed by atoms with Crippen LogP contribution in [0.15, 0.2) is 0 Å². The maximum atomic E-state index is 12.2. The zero-order valence-electron chi connectivity index (χ0n) is 26.0. The summed E-state index contributed by atoms with van der Waals surface area (Å²) in [5, 5.41) is -0.480. The lowest BCUT2D eigenvalue weighted by molar-refractivity contribution is -0.0308. The summed E-state index contributed by atoms with van der Waals surface area (Å²) in [6, 6.07) is -0.393. The number of nitrogens with one attached hydrogen (secondary N) is 1. The van der Waals surface area contributed by atoms with Crippen molar-refractivity contribution in [1.29, 1.82) is 0 Å². The Morgan fingerprint density at radius 3 is 1.57 bits per heavy atom. The van der Waals surface area contributed by atoms with Crippen LogP contribution in [0.5, 0.6) is 0 Å². The molecule has 17 heteroatoms. The van der Waals surface area contributed by atoms with Gasteiger partial charge in [-0.3, -0.25) is 9.80 Å². The lowest BCUT2D eigenvalue weighted by Gasteiger charge is -2.36. The third kappa shape index (κ3) is 15.2. The molecule has 0 aromatic carbocycles. The van der Waals surface area contributed by atoms with Gasteiger partial charge >= 0.3 is 12.2 Å². The first-order chi connectivity index (χ1) is 19.7. The molecule has 260 valence electrons. The topological polar surface area (TPSA) is 184 Å². The van der Waals surface area contributed by atoms with Gasteiger partial charge < -0.3 is 24.7 Å². The van der Waals surface area contributed by atoms with Crippen LogP contribution in [0, 0.1) is 0 Å². The van der Waals surface area contributed by atoms with Crippen molar-refractivity contribution >= 4 is 41.9 Å². The lowest BCUT2D eigenvalue weighted by Crippen LogP contribution is -2.54. The predicted octanol–water partition coefficient (Wildman–Crippen LogP) is 2.64. The van der Waals surface area contributed by atoms with Gasteiger partial charge in [0.1, 0.15) is 11.2 Å². The molecule has 2 heterocycles. The molecule has 4 rings (SSSR count). The zero-order chi connectivity index (χ0) is 32.6. The molecule has 0 bridgehead atoms. The summed E-state index contributed by atoms with van der Waals surface area (Å²) in [5.74, 6) is 0. The molecule has 2 atom stereocenters. The molecule has 14 nitrogen and oxygen atoms in total. The fourth-order valence-electron chi connectivity index (χ4n) is 3.85. The van der Waals surface area contributed by atoms with Gasteiger partial charge in [-0.15, -0.1) is 0 Å². The number of carbonyl (C=O) groups is 2. The van der Waals surface area contributed by atoms with Crippen LogP contribution < -0.4 is 10.5 Å². The van der Waals surface area contributed by atoms with Crippen LogP contribution in [-0.2, 0) is 38.0 Å². The fourth-order valence-corrected chi connectivity index (χ4v) is 6.50. The first-order valence-electron chi connectivity index (χ1n) is 14.5. The Kier molecular flexibility index (Phi) is 15.6. The molecule has 44 heavy (non-hydrogen) atoms. The van der Waals surface area contributed by atoms with Crippen LogP contribution in [-0.4, -0.2) is 125 Å². The molecule has 2 amide bonds. The van der Waals surface area contributed by atoms with Gasteiger partial charge in [-0.1, -0.05) is 7.43 Å². The molecule has 2 aliphatic heterocycles. The Balaban J connectivity index is 0.000000366. The highest BCUT2D eigenvalue weighted by Gasteiger charge is 2.38. The molecule has 4 fully saturated rings. The monoisotopic (exact) mass is 692 g/mol. The van der Waals surface area contributed by atoms with E-state index in [2.05, 4.69) is 4.72 Å². The van der Waals surface area contributed by atoms with E-state index in [9.17, 15) is 26.4 Å². The Hall–Kier alpha value is -1.43. The van der Waals surface area contributed by atoms with E-state index in [0.29, 0.717) is 58.9 Å². The summed E-state index contributed by atoms with van der Waals surface area (Å²) in [7, 11) is -1.51. The quantitative estimate of drug-likeness (QED) is 0.390. The summed E-state index contributed by atoms with van der Waals surface area (Å²) in [6.07, 6.45) is 2.21. The molecule has 0 aromatic heterocycles. The van der Waals surface area contributed by atoms with E-state index in [0.717, 1.165) is 12.8 Å². The van der Waals surface area contributed by atoms with Crippen LogP contribution in [0.2, 0.25) is 0 Å². The average Bonchev–Trinajstić information content (AvgIpc) is 3.77. The first kappa shape index (κ1) is 40.6. The second kappa shape index (κ2) is 16.9. The van der Waals surface area contributed by atoms with Crippen molar-refractivity contribution in [2.24, 2.45) is 5.73 Å². The van der Waals surface area contributed by atoms with Gasteiger partial charge in [0, 0.05) is 36.9 Å². The minimum Gasteiger partial charge on any atom is -0.444 e. The number of nitrogens with zero attached hydrogens (tertiary/aromatic N) is 2. The summed E-state index contributed by atoms with van der Waals surface area (Å²) in [4.78, 5) is 27.1. The maximum absolute atomic E-state index is 12.2. The second-order valence-electron chi connectivity index (χ2n) is 12.8. The number of halogens is 1. The zero-order valence-corrected chi connectivity index (χ0v) is 28.4. The number of rotatable bonds is 6. The van der Waals surface area contributed by atoms with E-state index < -0.39 is 36.4 Å². The van der Waals surface area contributed by atoms with E-state index in [-0.39, 0.29) is 42.6 Å². The van der Waals surface area contributed by atoms with Crippen LogP contribution in [0.4, 0.5) is 9.59 Å². The highest BCUT2D eigenvalue weighted by atomic mass is 35.7. The molecule has 2 aliphatic carbocycles. The van der Waals surface area contributed by atoms with Gasteiger partial charge in [0.2, 0.25) is 19.1 Å². The van der Waals surface area contributed by atoms with Gasteiger partial charge in [-0.2, -0.15) is 0 Å². The second-order valence-corrected chi connectivity index (χ2v) is 17.8. The smallest absolute Gasteiger partial charge is 0.410 e. The molecular formula is C27H53ClN4O10S2. The standard InChI is InChI=1S/C13H24N2O5S.C10H20N2O3.C3H5ClO2S.CH4/c1-13(2,3)20-12(16)15-6-7-19-9-10(15)8-14-21(17,18)11-4-5-11;1-10(2,3)15-9(13)12-4-5-14-7-8(12)6-11;4-7(5,6)3-1-2-3;/h10-11,14H,4-9H2,1-3H3;8H,4-7,11H2,1-3H3;3H,1-2H2;1H4. The van der Waals surface area contributed by atoms with E-state index in [1.165, 1.54) is 0 Å². The van der Waals surface area contributed by atoms with Crippen LogP contribution >= 0.6 is 10.7 Å². The van der Waals surface area contributed by atoms with Crippen molar-refractivity contribution in [1.82, 2.24) is 14.5 Å². The number of nitrogens with two attached hydrogens (primary N) is 1. The first-order valence-corrected chi connectivity index (χ1v) is 18.4. The van der Waals surface area contributed by atoms with Crippen molar-refractivity contribution < 1.29 is 45.4 Å². The third-order valence-electron chi connectivity index (χ3n) is 6.39. The van der Waals surface area contributed by atoms with Crippen LogP contribution in [0.1, 0.15) is 74.7 Å². The van der Waals surface area contributed by atoms with Gasteiger partial charge in [0.25, 0.3) is 0 Å². The fraction of sp³-hybridized carbons (Fsp3) is 0.926. The van der Waals surface area contributed by atoms with Gasteiger partial charge in [-0.25, -0.2) is 31.1 Å². The Labute approximate surface area is 268 Å². The van der Waals surface area contributed by atoms with Crippen molar-refractivity contribution in [3.8, 4) is 0 Å². The largest absolute Gasteiger partial charge is 0.444 e. The summed E-state index contributed by atoms with van der Waals surface area (Å²) >= 11 is 0. The average molecular weight is 693 g/mol. The van der Waals surface area contributed by atoms with Crippen molar-refractivity contribution in [3.63, 3.8) is 0 Å². The van der Waals surface area contributed by atoms with Crippen LogP contribution in [0.25, 0.3) is 0 Å². The van der Waals surface area contributed by atoms with Crippen molar-refractivity contribution in [2.45, 2.75) is 108 Å². The number of morpholine rings is 2. The Bertz CT molecular complexity index is 1130. The van der Waals surface area contributed by atoms with Crippen LogP contribution in [0.3, 0.4) is 0 Å². The molecule has 0 spiro atoms. The number of hydrogen-bond donors (Lipinski definition) is 2. The molecule has 2 saturated carbocycles. The van der Waals surface area contributed by atoms with Gasteiger partial charge in [0.15, 0.2) is 0 Å². The minimum atomic E-state index is -3.26. The lowest BCUT2D eigenvalue weighted by atomic mass is 10.2. The molecule has 4 aliphatic rings. The van der Waals surface area contributed by atoms with Gasteiger partial charge in [-0.05, 0) is 67.2 Å². The van der Waals surface area contributed by atoms with Crippen molar-refractivity contribution in [3.05, 3.63) is 0 Å². The normalized spacial score (nSPS) is 22.7. The molecular weight excluding hydrogens is 640 g/mol. The predicted molar refractivity (Wildman–Crippen MR) is 169 cm³/mol. The molecule has 3 N–H and O–H groups in total. The molecule has 0 aromatic rings. The highest BCUT2D eigenvalue weighted by molar-refractivity contribution is 8.14. The van der Waals surface area contributed by atoms with E-state index in [1.807, 2.05) is 20.8 Å². The van der Waals surface area contributed by atoms with E-state index in [4.69, 9.17) is 35.4 Å². The molecule has 0 radical (unpaired) electrons. The number of sulfonamides is 1. The summed E-state index contributed by atoms with van der Waals surface area (Å²) in [5.41, 5.74) is 4.53. The number of ether oxygens (including phenoxy) is 4. The van der Waals surface area contributed by atoms with Crippen molar-refractivity contribution in [2.75, 3.05) is 52.6 Å². The number of hydrogen-bond acceptors (Lipinski definition) is 11. The van der Waals surface area contributed by atoms with E-state index in [1.54, 1.807) is 30.6 Å². The Morgan fingerprint density at radius 2 is 1.23 bits per heavy atom. The minimum absolute atomic E-state index is 0.